The molecule has 0 aliphatic heterocycles. The van der Waals surface area contributed by atoms with Gasteiger partial charge in [-0.2, -0.15) is 20.1 Å². The maximum Gasteiger partial charge on any atom is 0.250 e. The summed E-state index contributed by atoms with van der Waals surface area (Å²) in [6, 6.07) is 21.7. The van der Waals surface area contributed by atoms with Crippen LogP contribution >= 0.6 is 23.2 Å². The summed E-state index contributed by atoms with van der Waals surface area (Å²) in [5.74, 6) is 3.40. The van der Waals surface area contributed by atoms with Gasteiger partial charge >= 0.3 is 0 Å². The molecule has 0 atom stereocenters. The number of halogens is 2. The molecule has 43 heavy (non-hydrogen) atoms. The van der Waals surface area contributed by atoms with Gasteiger partial charge in [0, 0.05) is 21.3 Å². The van der Waals surface area contributed by atoms with Crippen LogP contribution in [0.5, 0.6) is 17.2 Å². The van der Waals surface area contributed by atoms with Gasteiger partial charge in [0.2, 0.25) is 17.8 Å². The lowest BCUT2D eigenvalue weighted by atomic mass is 10.2. The van der Waals surface area contributed by atoms with E-state index in [4.69, 9.17) is 41.8 Å². The standard InChI is InChI=1S/C30H27Cl2N7O4/c1-40-23-10-8-22(9-11-23)35-29-36-28(33-17-24-4-3-13-42-24)37-30(38-29)39-34-16-19-5-12-26(27(14-19)41-2)43-18-20-6-7-21(31)15-25(20)32/h3-16H,17-18H2,1-2H3,(H3,33,35,36,37,38,39). The number of anilines is 4. The number of nitrogens with zero attached hydrogens (tertiary/aromatic N) is 4. The molecule has 5 rings (SSSR count). The summed E-state index contributed by atoms with van der Waals surface area (Å²) < 4.78 is 22.1. The molecule has 13 heteroatoms. The zero-order valence-electron chi connectivity index (χ0n) is 23.2. The van der Waals surface area contributed by atoms with Crippen molar-refractivity contribution in [3.05, 3.63) is 106 Å². The van der Waals surface area contributed by atoms with Crippen LogP contribution in [0.1, 0.15) is 16.9 Å². The predicted octanol–water partition coefficient (Wildman–Crippen LogP) is 7.17. The molecule has 2 aromatic heterocycles. The number of hydrazone groups is 1. The Labute approximate surface area is 257 Å². The Bertz CT molecular complexity index is 1680. The molecule has 0 fully saturated rings. The lowest BCUT2D eigenvalue weighted by Crippen LogP contribution is -2.09. The molecule has 0 spiro atoms. The van der Waals surface area contributed by atoms with Crippen molar-refractivity contribution in [2.24, 2.45) is 5.10 Å². The van der Waals surface area contributed by atoms with Crippen LogP contribution in [0.2, 0.25) is 10.0 Å². The molecule has 0 unspecified atom stereocenters. The first-order valence-corrected chi connectivity index (χ1v) is 13.7. The number of benzene rings is 3. The zero-order chi connectivity index (χ0) is 30.0. The minimum absolute atomic E-state index is 0.218. The molecule has 3 aromatic carbocycles. The molecule has 5 aromatic rings. The zero-order valence-corrected chi connectivity index (χ0v) is 24.7. The van der Waals surface area contributed by atoms with Crippen LogP contribution in [-0.4, -0.2) is 35.4 Å². The maximum atomic E-state index is 6.26. The summed E-state index contributed by atoms with van der Waals surface area (Å²) >= 11 is 12.2. The Morgan fingerprint density at radius 2 is 1.67 bits per heavy atom. The van der Waals surface area contributed by atoms with Gasteiger partial charge < -0.3 is 29.3 Å². The molecule has 0 saturated carbocycles. The SMILES string of the molecule is COc1ccc(Nc2nc(NCc3ccco3)nc(NN=Cc3ccc(OCc4ccc(Cl)cc4Cl)c(OC)c3)n2)cc1. The quantitative estimate of drug-likeness (QED) is 0.0921. The molecule has 0 aliphatic rings. The van der Waals surface area contributed by atoms with Crippen molar-refractivity contribution in [2.75, 3.05) is 30.3 Å². The lowest BCUT2D eigenvalue weighted by Gasteiger charge is -2.12. The minimum Gasteiger partial charge on any atom is -0.497 e. The number of hydrogen-bond acceptors (Lipinski definition) is 11. The van der Waals surface area contributed by atoms with Crippen LogP contribution < -0.4 is 30.3 Å². The van der Waals surface area contributed by atoms with Crippen molar-refractivity contribution in [1.82, 2.24) is 15.0 Å². The number of aromatic nitrogens is 3. The summed E-state index contributed by atoms with van der Waals surface area (Å²) in [6.07, 6.45) is 3.21. The average molecular weight is 620 g/mol. The third kappa shape index (κ3) is 8.28. The Morgan fingerprint density at radius 1 is 0.860 bits per heavy atom. The summed E-state index contributed by atoms with van der Waals surface area (Å²) in [5, 5.41) is 11.7. The smallest absolute Gasteiger partial charge is 0.250 e. The van der Waals surface area contributed by atoms with E-state index in [2.05, 4.69) is 36.1 Å². The van der Waals surface area contributed by atoms with Crippen LogP contribution in [-0.2, 0) is 13.2 Å². The first kappa shape index (κ1) is 29.5. The fourth-order valence-electron chi connectivity index (χ4n) is 3.79. The van der Waals surface area contributed by atoms with Gasteiger partial charge in [-0.05, 0) is 72.3 Å². The highest BCUT2D eigenvalue weighted by atomic mass is 35.5. The third-order valence-corrected chi connectivity index (χ3v) is 6.53. The van der Waals surface area contributed by atoms with Gasteiger partial charge in [-0.25, -0.2) is 5.43 Å². The van der Waals surface area contributed by atoms with Crippen LogP contribution in [0.25, 0.3) is 0 Å². The number of hydrogen-bond donors (Lipinski definition) is 3. The molecule has 0 amide bonds. The van der Waals surface area contributed by atoms with Gasteiger partial charge in [-0.3, -0.25) is 0 Å². The monoisotopic (exact) mass is 619 g/mol. The summed E-state index contributed by atoms with van der Waals surface area (Å²) in [5.41, 5.74) is 5.19. The number of nitrogens with one attached hydrogen (secondary N) is 3. The molecule has 11 nitrogen and oxygen atoms in total. The van der Waals surface area contributed by atoms with E-state index in [-0.39, 0.29) is 12.6 Å². The fourth-order valence-corrected chi connectivity index (χ4v) is 4.25. The van der Waals surface area contributed by atoms with E-state index < -0.39 is 0 Å². The van der Waals surface area contributed by atoms with Crippen molar-refractivity contribution in [2.45, 2.75) is 13.2 Å². The molecule has 0 aliphatic carbocycles. The number of methoxy groups -OCH3 is 2. The van der Waals surface area contributed by atoms with Gasteiger partial charge in [0.15, 0.2) is 11.5 Å². The van der Waals surface area contributed by atoms with Gasteiger partial charge in [0.25, 0.3) is 0 Å². The number of furan rings is 1. The van der Waals surface area contributed by atoms with E-state index in [9.17, 15) is 0 Å². The highest BCUT2D eigenvalue weighted by Gasteiger charge is 2.10. The van der Waals surface area contributed by atoms with Crippen molar-refractivity contribution in [3.8, 4) is 17.2 Å². The molecule has 3 N–H and O–H groups in total. The molecular weight excluding hydrogens is 593 g/mol. The van der Waals surface area contributed by atoms with E-state index in [0.29, 0.717) is 40.0 Å². The molecule has 0 radical (unpaired) electrons. The van der Waals surface area contributed by atoms with Crippen LogP contribution in [0.3, 0.4) is 0 Å². The Hall–Kier alpha value is -5.00. The molecule has 220 valence electrons. The van der Waals surface area contributed by atoms with Crippen molar-refractivity contribution >= 4 is 52.9 Å². The lowest BCUT2D eigenvalue weighted by molar-refractivity contribution is 0.284. The maximum absolute atomic E-state index is 6.26. The van der Waals surface area contributed by atoms with Crippen LogP contribution in [0.15, 0.2) is 88.6 Å². The second-order valence-electron chi connectivity index (χ2n) is 8.90. The second kappa shape index (κ2) is 14.3. The van der Waals surface area contributed by atoms with Crippen molar-refractivity contribution in [1.29, 1.82) is 0 Å². The largest absolute Gasteiger partial charge is 0.497 e. The van der Waals surface area contributed by atoms with Crippen molar-refractivity contribution in [3.63, 3.8) is 0 Å². The first-order valence-electron chi connectivity index (χ1n) is 13.0. The minimum atomic E-state index is 0.218. The van der Waals surface area contributed by atoms with Gasteiger partial charge in [-0.1, -0.05) is 29.3 Å². The van der Waals surface area contributed by atoms with Gasteiger partial charge in [0.05, 0.1) is 33.2 Å². The van der Waals surface area contributed by atoms with E-state index in [1.807, 2.05) is 48.5 Å². The third-order valence-electron chi connectivity index (χ3n) is 5.95. The number of ether oxygens (including phenoxy) is 3. The Kier molecular flexibility index (Phi) is 9.78. The fraction of sp³-hybridized carbons (Fsp3) is 0.133. The highest BCUT2D eigenvalue weighted by molar-refractivity contribution is 6.35. The van der Waals surface area contributed by atoms with Crippen LogP contribution in [0.4, 0.5) is 23.5 Å². The Balaban J connectivity index is 1.28. The summed E-state index contributed by atoms with van der Waals surface area (Å²) in [4.78, 5) is 13.3. The van der Waals surface area contributed by atoms with E-state index >= 15 is 0 Å². The molecule has 0 bridgehead atoms. The molecule has 0 saturated heterocycles. The Morgan fingerprint density at radius 3 is 2.42 bits per heavy atom. The van der Waals surface area contributed by atoms with E-state index in [1.165, 1.54) is 0 Å². The topological polar surface area (TPSA) is 128 Å². The van der Waals surface area contributed by atoms with Gasteiger partial charge in [-0.15, -0.1) is 0 Å². The number of rotatable bonds is 13. The molecule has 2 heterocycles. The normalized spacial score (nSPS) is 10.9. The average Bonchev–Trinajstić information content (AvgIpc) is 3.54. The highest BCUT2D eigenvalue weighted by Crippen LogP contribution is 2.30. The summed E-state index contributed by atoms with van der Waals surface area (Å²) in [7, 11) is 3.18. The second-order valence-corrected chi connectivity index (χ2v) is 9.74. The van der Waals surface area contributed by atoms with Gasteiger partial charge in [0.1, 0.15) is 18.1 Å². The van der Waals surface area contributed by atoms with E-state index in [0.717, 1.165) is 28.3 Å². The first-order chi connectivity index (χ1) is 21.0. The summed E-state index contributed by atoms with van der Waals surface area (Å²) in [6.45, 7) is 0.643. The predicted molar refractivity (Wildman–Crippen MR) is 167 cm³/mol. The van der Waals surface area contributed by atoms with Crippen LogP contribution in [0, 0.1) is 0 Å². The van der Waals surface area contributed by atoms with Crippen molar-refractivity contribution < 1.29 is 18.6 Å². The van der Waals surface area contributed by atoms with E-state index in [1.54, 1.807) is 51.0 Å². The molecular formula is C30H27Cl2N7O4.